The average molecular weight is 334 g/mol. The van der Waals surface area contributed by atoms with E-state index in [-0.39, 0.29) is 6.03 Å². The number of urea groups is 1. The van der Waals surface area contributed by atoms with Crippen molar-refractivity contribution in [1.82, 2.24) is 15.1 Å². The fraction of sp³-hybridized carbons (Fsp3) is 0.200. The predicted molar refractivity (Wildman–Crippen MR) is 99.5 cm³/mol. The third-order valence-electron chi connectivity index (χ3n) is 4.16. The van der Waals surface area contributed by atoms with Crippen molar-refractivity contribution < 1.29 is 4.79 Å². The van der Waals surface area contributed by atoms with E-state index < -0.39 is 0 Å². The van der Waals surface area contributed by atoms with E-state index in [0.29, 0.717) is 6.54 Å². The Balaban J connectivity index is 1.64. The molecule has 0 atom stereocenters. The van der Waals surface area contributed by atoms with Crippen LogP contribution in [0.4, 0.5) is 10.5 Å². The van der Waals surface area contributed by atoms with Crippen LogP contribution in [-0.2, 0) is 13.1 Å². The first-order valence-corrected chi connectivity index (χ1v) is 8.30. The molecule has 3 aromatic rings. The minimum atomic E-state index is -0.221. The Bertz CT molecular complexity index is 841. The van der Waals surface area contributed by atoms with Crippen molar-refractivity contribution in [2.24, 2.45) is 0 Å². The van der Waals surface area contributed by atoms with Gasteiger partial charge in [-0.25, -0.2) is 4.79 Å². The molecule has 1 heterocycles. The lowest BCUT2D eigenvalue weighted by Crippen LogP contribution is -2.28. The second-order valence-corrected chi connectivity index (χ2v) is 5.97. The average Bonchev–Trinajstić information content (AvgIpc) is 2.88. The maximum Gasteiger partial charge on any atom is 0.319 e. The zero-order valence-electron chi connectivity index (χ0n) is 14.5. The van der Waals surface area contributed by atoms with Gasteiger partial charge in [-0.3, -0.25) is 4.68 Å². The summed E-state index contributed by atoms with van der Waals surface area (Å²) in [6.45, 7) is 5.19. The zero-order chi connectivity index (χ0) is 17.6. The number of aryl methyl sites for hydroxylation is 1. The van der Waals surface area contributed by atoms with Gasteiger partial charge in [0.25, 0.3) is 0 Å². The number of rotatable bonds is 5. The smallest absolute Gasteiger partial charge is 0.319 e. The van der Waals surface area contributed by atoms with Gasteiger partial charge in [0.1, 0.15) is 0 Å². The van der Waals surface area contributed by atoms with E-state index in [9.17, 15) is 4.79 Å². The van der Waals surface area contributed by atoms with Crippen LogP contribution in [0.5, 0.6) is 0 Å². The number of carbonyl (C=O) groups excluding carboxylic acids is 1. The van der Waals surface area contributed by atoms with E-state index in [1.807, 2.05) is 67.1 Å². The summed E-state index contributed by atoms with van der Waals surface area (Å²) in [5, 5.41) is 10.3. The SMILES string of the molecule is Cc1nn(Cc2ccccc2)c(C)c1CNC(=O)Nc1ccccc1. The molecule has 2 N–H and O–H groups in total. The molecule has 5 nitrogen and oxygen atoms in total. The molecule has 0 saturated carbocycles. The Labute approximate surface area is 147 Å². The molecule has 25 heavy (non-hydrogen) atoms. The monoisotopic (exact) mass is 334 g/mol. The molecule has 0 radical (unpaired) electrons. The maximum absolute atomic E-state index is 12.1. The number of nitrogens with one attached hydrogen (secondary N) is 2. The van der Waals surface area contributed by atoms with Crippen molar-refractivity contribution in [3.63, 3.8) is 0 Å². The van der Waals surface area contributed by atoms with Crippen molar-refractivity contribution in [3.05, 3.63) is 83.2 Å². The van der Waals surface area contributed by atoms with Crippen LogP contribution in [0.2, 0.25) is 0 Å². The van der Waals surface area contributed by atoms with Gasteiger partial charge in [0.15, 0.2) is 0 Å². The minimum Gasteiger partial charge on any atom is -0.334 e. The molecule has 0 aliphatic heterocycles. The van der Waals surface area contributed by atoms with Crippen LogP contribution in [-0.4, -0.2) is 15.8 Å². The van der Waals surface area contributed by atoms with Crippen LogP contribution in [0.15, 0.2) is 60.7 Å². The lowest BCUT2D eigenvalue weighted by molar-refractivity contribution is 0.251. The van der Waals surface area contributed by atoms with Crippen molar-refractivity contribution in [3.8, 4) is 0 Å². The molecular formula is C20H22N4O. The summed E-state index contributed by atoms with van der Waals surface area (Å²) in [4.78, 5) is 12.1. The summed E-state index contributed by atoms with van der Waals surface area (Å²) in [6.07, 6.45) is 0. The number of nitrogens with zero attached hydrogens (tertiary/aromatic N) is 2. The summed E-state index contributed by atoms with van der Waals surface area (Å²) >= 11 is 0. The second-order valence-electron chi connectivity index (χ2n) is 5.97. The Kier molecular flexibility index (Phi) is 5.14. The quantitative estimate of drug-likeness (QED) is 0.744. The highest BCUT2D eigenvalue weighted by molar-refractivity contribution is 5.89. The number of benzene rings is 2. The molecule has 0 aliphatic rings. The van der Waals surface area contributed by atoms with E-state index in [2.05, 4.69) is 27.9 Å². The number of hydrogen-bond acceptors (Lipinski definition) is 2. The second kappa shape index (κ2) is 7.66. The first-order valence-electron chi connectivity index (χ1n) is 8.30. The molecule has 2 aromatic carbocycles. The van der Waals surface area contributed by atoms with Gasteiger partial charge in [-0.05, 0) is 31.5 Å². The number of anilines is 1. The Morgan fingerprint density at radius 2 is 1.64 bits per heavy atom. The predicted octanol–water partition coefficient (Wildman–Crippen LogP) is 3.87. The fourth-order valence-electron chi connectivity index (χ4n) is 2.77. The highest BCUT2D eigenvalue weighted by atomic mass is 16.2. The Morgan fingerprint density at radius 1 is 1.00 bits per heavy atom. The zero-order valence-corrected chi connectivity index (χ0v) is 14.5. The molecule has 0 bridgehead atoms. The third kappa shape index (κ3) is 4.26. The Morgan fingerprint density at radius 3 is 2.32 bits per heavy atom. The molecule has 128 valence electrons. The molecule has 5 heteroatoms. The van der Waals surface area contributed by atoms with Gasteiger partial charge in [-0.2, -0.15) is 5.10 Å². The first-order chi connectivity index (χ1) is 12.1. The Hall–Kier alpha value is -3.08. The largest absolute Gasteiger partial charge is 0.334 e. The molecule has 0 saturated heterocycles. The molecule has 0 fully saturated rings. The molecule has 0 aliphatic carbocycles. The van der Waals surface area contributed by atoms with Crippen LogP contribution in [0, 0.1) is 13.8 Å². The van der Waals surface area contributed by atoms with Gasteiger partial charge in [-0.15, -0.1) is 0 Å². The molecular weight excluding hydrogens is 312 g/mol. The summed E-state index contributed by atoms with van der Waals surface area (Å²) in [6, 6.07) is 19.4. The first kappa shape index (κ1) is 16.8. The van der Waals surface area contributed by atoms with Crippen molar-refractivity contribution in [1.29, 1.82) is 0 Å². The van der Waals surface area contributed by atoms with Gasteiger partial charge in [0.05, 0.1) is 12.2 Å². The van der Waals surface area contributed by atoms with Crippen LogP contribution >= 0.6 is 0 Å². The molecule has 0 spiro atoms. The van der Waals surface area contributed by atoms with Crippen LogP contribution in [0.25, 0.3) is 0 Å². The van der Waals surface area contributed by atoms with Crippen LogP contribution in [0.3, 0.4) is 0 Å². The van der Waals surface area contributed by atoms with E-state index in [1.54, 1.807) is 0 Å². The van der Waals surface area contributed by atoms with E-state index in [1.165, 1.54) is 5.56 Å². The van der Waals surface area contributed by atoms with Gasteiger partial charge in [0.2, 0.25) is 0 Å². The van der Waals surface area contributed by atoms with Crippen LogP contribution < -0.4 is 10.6 Å². The number of aromatic nitrogens is 2. The summed E-state index contributed by atoms with van der Waals surface area (Å²) < 4.78 is 1.98. The molecule has 3 rings (SSSR count). The highest BCUT2D eigenvalue weighted by Gasteiger charge is 2.12. The molecule has 0 unspecified atom stereocenters. The van der Waals surface area contributed by atoms with Gasteiger partial charge in [-0.1, -0.05) is 48.5 Å². The lowest BCUT2D eigenvalue weighted by atomic mass is 10.2. The van der Waals surface area contributed by atoms with Crippen molar-refractivity contribution >= 4 is 11.7 Å². The lowest BCUT2D eigenvalue weighted by Gasteiger charge is -2.09. The van der Waals surface area contributed by atoms with Gasteiger partial charge < -0.3 is 10.6 Å². The van der Waals surface area contributed by atoms with Crippen LogP contribution in [0.1, 0.15) is 22.5 Å². The van der Waals surface area contributed by atoms with E-state index in [0.717, 1.165) is 29.2 Å². The van der Waals surface area contributed by atoms with E-state index >= 15 is 0 Å². The summed E-state index contributed by atoms with van der Waals surface area (Å²) in [7, 11) is 0. The van der Waals surface area contributed by atoms with Gasteiger partial charge in [0, 0.05) is 23.5 Å². The third-order valence-corrected chi connectivity index (χ3v) is 4.16. The normalized spacial score (nSPS) is 10.5. The minimum absolute atomic E-state index is 0.221. The molecule has 2 amide bonds. The van der Waals surface area contributed by atoms with Crippen molar-refractivity contribution in [2.75, 3.05) is 5.32 Å². The highest BCUT2D eigenvalue weighted by Crippen LogP contribution is 2.15. The van der Waals surface area contributed by atoms with Crippen molar-refractivity contribution in [2.45, 2.75) is 26.9 Å². The summed E-state index contributed by atoms with van der Waals surface area (Å²) in [5.74, 6) is 0. The number of carbonyl (C=O) groups is 1. The van der Waals surface area contributed by atoms with E-state index in [4.69, 9.17) is 0 Å². The standard InChI is InChI=1S/C20H22N4O/c1-15-19(13-21-20(25)22-18-11-7-4-8-12-18)16(2)24(23-15)14-17-9-5-3-6-10-17/h3-12H,13-14H2,1-2H3,(H2,21,22,25). The number of para-hydroxylation sites is 1. The molecule has 1 aromatic heterocycles. The maximum atomic E-state index is 12.1. The topological polar surface area (TPSA) is 59.0 Å². The summed E-state index contributed by atoms with van der Waals surface area (Å²) in [5.41, 5.74) is 5.04. The number of amides is 2. The fourth-order valence-corrected chi connectivity index (χ4v) is 2.77. The number of hydrogen-bond donors (Lipinski definition) is 2. The van der Waals surface area contributed by atoms with Gasteiger partial charge >= 0.3 is 6.03 Å².